The van der Waals surface area contributed by atoms with Crippen molar-refractivity contribution < 1.29 is 13.2 Å². The van der Waals surface area contributed by atoms with Gasteiger partial charge in [0, 0.05) is 37.6 Å². The van der Waals surface area contributed by atoms with Gasteiger partial charge in [0.25, 0.3) is 0 Å². The van der Waals surface area contributed by atoms with Gasteiger partial charge in [-0.05, 0) is 29.8 Å². The molecule has 0 atom stereocenters. The summed E-state index contributed by atoms with van der Waals surface area (Å²) in [5.41, 5.74) is 2.61. The van der Waals surface area contributed by atoms with Crippen LogP contribution in [-0.2, 0) is 21.2 Å². The minimum atomic E-state index is -3.27. The molecule has 2 aromatic rings. The van der Waals surface area contributed by atoms with E-state index in [0.29, 0.717) is 25.2 Å². The standard InChI is InChI=1S/C19H23N3O3S/c1-26(24,25)20-17-7-9-18(10-8-17)21-11-13-22(14-12-21)19(23)15-16-5-3-2-4-6-16/h2-10,20H,11-15H2,1H3. The fourth-order valence-electron chi connectivity index (χ4n) is 3.05. The number of hydrogen-bond donors (Lipinski definition) is 1. The quantitative estimate of drug-likeness (QED) is 0.870. The molecule has 0 saturated carbocycles. The predicted molar refractivity (Wildman–Crippen MR) is 104 cm³/mol. The normalized spacial score (nSPS) is 15.0. The fourth-order valence-corrected chi connectivity index (χ4v) is 3.61. The molecule has 6 nitrogen and oxygen atoms in total. The zero-order chi connectivity index (χ0) is 18.6. The summed E-state index contributed by atoms with van der Waals surface area (Å²) < 4.78 is 25.0. The molecule has 3 rings (SSSR count). The molecule has 1 saturated heterocycles. The van der Waals surface area contributed by atoms with Crippen LogP contribution in [0.2, 0.25) is 0 Å². The molecule has 2 aromatic carbocycles. The van der Waals surface area contributed by atoms with Crippen LogP contribution in [0.25, 0.3) is 0 Å². The summed E-state index contributed by atoms with van der Waals surface area (Å²) in [5.74, 6) is 0.156. The zero-order valence-electron chi connectivity index (χ0n) is 14.8. The first kappa shape index (κ1) is 18.3. The summed E-state index contributed by atoms with van der Waals surface area (Å²) >= 11 is 0. The van der Waals surface area contributed by atoms with E-state index in [9.17, 15) is 13.2 Å². The first-order chi connectivity index (χ1) is 12.4. The van der Waals surface area contributed by atoms with Crippen LogP contribution in [0.15, 0.2) is 54.6 Å². The maximum atomic E-state index is 12.4. The molecule has 0 aliphatic carbocycles. The number of amides is 1. The van der Waals surface area contributed by atoms with Gasteiger partial charge in [-0.15, -0.1) is 0 Å². The lowest BCUT2D eigenvalue weighted by atomic mass is 10.1. The van der Waals surface area contributed by atoms with Crippen LogP contribution >= 0.6 is 0 Å². The summed E-state index contributed by atoms with van der Waals surface area (Å²) in [6, 6.07) is 17.1. The fraction of sp³-hybridized carbons (Fsp3) is 0.316. The number of sulfonamides is 1. The first-order valence-corrected chi connectivity index (χ1v) is 10.4. The van der Waals surface area contributed by atoms with Crippen molar-refractivity contribution in [3.05, 3.63) is 60.2 Å². The largest absolute Gasteiger partial charge is 0.368 e. The number of piperazine rings is 1. The van der Waals surface area contributed by atoms with Gasteiger partial charge in [-0.1, -0.05) is 30.3 Å². The number of rotatable bonds is 5. The molecular weight excluding hydrogens is 350 g/mol. The van der Waals surface area contributed by atoms with E-state index in [0.717, 1.165) is 30.6 Å². The van der Waals surface area contributed by atoms with Gasteiger partial charge in [-0.3, -0.25) is 9.52 Å². The van der Waals surface area contributed by atoms with Crippen LogP contribution < -0.4 is 9.62 Å². The molecule has 1 heterocycles. The average molecular weight is 373 g/mol. The maximum Gasteiger partial charge on any atom is 0.229 e. The number of benzene rings is 2. The summed E-state index contributed by atoms with van der Waals surface area (Å²) in [7, 11) is -3.27. The molecule has 1 fully saturated rings. The minimum Gasteiger partial charge on any atom is -0.368 e. The van der Waals surface area contributed by atoms with Crippen LogP contribution in [0.5, 0.6) is 0 Å². The van der Waals surface area contributed by atoms with E-state index in [1.165, 1.54) is 0 Å². The summed E-state index contributed by atoms with van der Waals surface area (Å²) in [6.45, 7) is 2.91. The lowest BCUT2D eigenvalue weighted by Crippen LogP contribution is -2.49. The first-order valence-electron chi connectivity index (χ1n) is 8.55. The smallest absolute Gasteiger partial charge is 0.229 e. The Morgan fingerprint density at radius 2 is 1.58 bits per heavy atom. The van der Waals surface area contributed by atoms with E-state index in [-0.39, 0.29) is 5.91 Å². The number of anilines is 2. The number of hydrogen-bond acceptors (Lipinski definition) is 4. The van der Waals surface area contributed by atoms with E-state index >= 15 is 0 Å². The van der Waals surface area contributed by atoms with Crippen LogP contribution in [0.4, 0.5) is 11.4 Å². The molecule has 7 heteroatoms. The lowest BCUT2D eigenvalue weighted by Gasteiger charge is -2.36. The highest BCUT2D eigenvalue weighted by atomic mass is 32.2. The number of nitrogens with one attached hydrogen (secondary N) is 1. The minimum absolute atomic E-state index is 0.156. The van der Waals surface area contributed by atoms with Gasteiger partial charge in [0.05, 0.1) is 12.7 Å². The van der Waals surface area contributed by atoms with Gasteiger partial charge in [0.15, 0.2) is 0 Å². The van der Waals surface area contributed by atoms with Crippen molar-refractivity contribution in [2.75, 3.05) is 42.1 Å². The van der Waals surface area contributed by atoms with Gasteiger partial charge in [-0.25, -0.2) is 8.42 Å². The highest BCUT2D eigenvalue weighted by molar-refractivity contribution is 7.92. The van der Waals surface area contributed by atoms with E-state index < -0.39 is 10.0 Å². The summed E-state index contributed by atoms with van der Waals surface area (Å²) in [6.07, 6.45) is 1.57. The monoisotopic (exact) mass is 373 g/mol. The second-order valence-electron chi connectivity index (χ2n) is 6.45. The Bertz CT molecular complexity index is 843. The third-order valence-electron chi connectivity index (χ3n) is 4.37. The van der Waals surface area contributed by atoms with Crippen molar-refractivity contribution >= 4 is 27.3 Å². The van der Waals surface area contributed by atoms with Crippen molar-refractivity contribution in [2.45, 2.75) is 6.42 Å². The zero-order valence-corrected chi connectivity index (χ0v) is 15.6. The van der Waals surface area contributed by atoms with Crippen molar-refractivity contribution in [1.29, 1.82) is 0 Å². The molecule has 1 aliphatic heterocycles. The third-order valence-corrected chi connectivity index (χ3v) is 4.97. The molecule has 0 unspecified atom stereocenters. The van der Waals surface area contributed by atoms with Crippen LogP contribution in [-0.4, -0.2) is 51.7 Å². The Morgan fingerprint density at radius 3 is 2.15 bits per heavy atom. The van der Waals surface area contributed by atoms with Gasteiger partial charge in [0.2, 0.25) is 15.9 Å². The topological polar surface area (TPSA) is 69.7 Å². The number of nitrogens with zero attached hydrogens (tertiary/aromatic N) is 2. The van der Waals surface area contributed by atoms with Gasteiger partial charge in [0.1, 0.15) is 0 Å². The van der Waals surface area contributed by atoms with Gasteiger partial charge >= 0.3 is 0 Å². The highest BCUT2D eigenvalue weighted by Crippen LogP contribution is 2.20. The number of carbonyl (C=O) groups is 1. The van der Waals surface area contributed by atoms with E-state index in [1.54, 1.807) is 12.1 Å². The summed E-state index contributed by atoms with van der Waals surface area (Å²) in [5, 5.41) is 0. The summed E-state index contributed by atoms with van der Waals surface area (Å²) in [4.78, 5) is 16.5. The molecule has 1 N–H and O–H groups in total. The van der Waals surface area contributed by atoms with Gasteiger partial charge in [-0.2, -0.15) is 0 Å². The molecule has 0 aromatic heterocycles. The number of carbonyl (C=O) groups excluding carboxylic acids is 1. The van der Waals surface area contributed by atoms with E-state index in [2.05, 4.69) is 9.62 Å². The SMILES string of the molecule is CS(=O)(=O)Nc1ccc(N2CCN(C(=O)Cc3ccccc3)CC2)cc1. The molecule has 0 bridgehead atoms. The molecule has 0 radical (unpaired) electrons. The lowest BCUT2D eigenvalue weighted by molar-refractivity contribution is -0.130. The van der Waals surface area contributed by atoms with Crippen molar-refractivity contribution in [2.24, 2.45) is 0 Å². The maximum absolute atomic E-state index is 12.4. The molecule has 1 aliphatic rings. The van der Waals surface area contributed by atoms with Crippen LogP contribution in [0, 0.1) is 0 Å². The second-order valence-corrected chi connectivity index (χ2v) is 8.20. The van der Waals surface area contributed by atoms with Crippen molar-refractivity contribution in [3.8, 4) is 0 Å². The Hall–Kier alpha value is -2.54. The molecule has 138 valence electrons. The van der Waals surface area contributed by atoms with Crippen molar-refractivity contribution in [3.63, 3.8) is 0 Å². The van der Waals surface area contributed by atoms with Gasteiger partial charge < -0.3 is 9.80 Å². The average Bonchev–Trinajstić information content (AvgIpc) is 2.62. The highest BCUT2D eigenvalue weighted by Gasteiger charge is 2.21. The van der Waals surface area contributed by atoms with Crippen LogP contribution in [0.1, 0.15) is 5.56 Å². The third kappa shape index (κ3) is 4.98. The Labute approximate surface area is 154 Å². The molecular formula is C19H23N3O3S. The van der Waals surface area contributed by atoms with Crippen molar-refractivity contribution in [1.82, 2.24) is 4.90 Å². The second kappa shape index (κ2) is 7.78. The van der Waals surface area contributed by atoms with Crippen LogP contribution in [0.3, 0.4) is 0 Å². The Balaban J connectivity index is 1.54. The molecule has 1 amide bonds. The predicted octanol–water partition coefficient (Wildman–Crippen LogP) is 1.95. The van der Waals surface area contributed by atoms with E-state index in [4.69, 9.17) is 0 Å². The Morgan fingerprint density at radius 1 is 0.962 bits per heavy atom. The molecule has 0 spiro atoms. The Kier molecular flexibility index (Phi) is 5.46. The van der Waals surface area contributed by atoms with E-state index in [1.807, 2.05) is 47.4 Å². The molecule has 26 heavy (non-hydrogen) atoms.